The van der Waals surface area contributed by atoms with Crippen LogP contribution >= 0.6 is 0 Å². The average molecular weight is 164 g/mol. The fourth-order valence-corrected chi connectivity index (χ4v) is 0.608. The normalized spacial score (nSPS) is 8.09. The molecule has 0 amide bonds. The van der Waals surface area contributed by atoms with Crippen LogP contribution in [0.15, 0.2) is 35.6 Å². The van der Waals surface area contributed by atoms with Gasteiger partial charge in [-0.05, 0) is 12.1 Å². The lowest BCUT2D eigenvalue weighted by atomic mass is 10.3. The molecule has 1 rings (SSSR count). The number of hydrogen-bond donors (Lipinski definition) is 1. The van der Waals surface area contributed by atoms with Crippen molar-refractivity contribution in [2.45, 2.75) is 0 Å². The lowest BCUT2D eigenvalue weighted by molar-refractivity contribution is 0.258. The molecule has 0 spiro atoms. The largest absolute Gasteiger partial charge is 0.316 e. The Bertz CT molecular complexity index is 217. The fourth-order valence-electron chi connectivity index (χ4n) is 0.608. The topological polar surface area (TPSA) is 52.9 Å². The molecule has 56 valence electrons. The third kappa shape index (κ3) is 2.83. The maximum atomic E-state index is 9.73. The van der Waals surface area contributed by atoms with Gasteiger partial charge in [-0.25, -0.2) is 0 Å². The Morgan fingerprint density at radius 2 is 1.82 bits per heavy atom. The van der Waals surface area contributed by atoms with Crippen LogP contribution in [0.1, 0.15) is 0 Å². The maximum absolute atomic E-state index is 9.73. The Labute approximate surface area is 79.9 Å². The maximum Gasteiger partial charge on any atom is 0.316 e. The number of hydrogen-bond acceptors (Lipinski definition) is 3. The van der Waals surface area contributed by atoms with E-state index in [1.54, 1.807) is 30.3 Å². The van der Waals surface area contributed by atoms with Gasteiger partial charge in [0.25, 0.3) is 0 Å². The van der Waals surface area contributed by atoms with Crippen molar-refractivity contribution < 1.29 is 5.21 Å². The zero-order valence-corrected chi connectivity index (χ0v) is 5.14. The number of anilines is 1. The molecular weight excluding hydrogens is 156 g/mol. The summed E-state index contributed by atoms with van der Waals surface area (Å²) in [6.07, 6.45) is 0. The third-order valence-corrected chi connectivity index (χ3v) is 1.06. The first-order valence-corrected chi connectivity index (χ1v) is 2.72. The fraction of sp³-hybridized carbons (Fsp3) is 0. The number of nitrogens with zero attached hydrogens (tertiary/aromatic N) is 2. The third-order valence-electron chi connectivity index (χ3n) is 1.06. The quantitative estimate of drug-likeness (QED) is 0.397. The van der Waals surface area contributed by atoms with Crippen molar-refractivity contribution in [3.63, 3.8) is 0 Å². The van der Waals surface area contributed by atoms with Crippen LogP contribution in [0.2, 0.25) is 0 Å². The van der Waals surface area contributed by atoms with Crippen molar-refractivity contribution in [3.05, 3.63) is 35.2 Å². The van der Waals surface area contributed by atoms with Gasteiger partial charge in [-0.15, -0.1) is 10.1 Å². The second kappa shape index (κ2) is 5.06. The van der Waals surface area contributed by atoms with E-state index in [2.05, 4.69) is 5.29 Å². The van der Waals surface area contributed by atoms with Crippen LogP contribution in [0.4, 0.5) is 5.69 Å². The second-order valence-electron chi connectivity index (χ2n) is 1.71. The van der Waals surface area contributed by atoms with E-state index >= 15 is 0 Å². The van der Waals surface area contributed by atoms with Crippen LogP contribution in [0.3, 0.4) is 0 Å². The van der Waals surface area contributed by atoms with Gasteiger partial charge in [0.1, 0.15) is 0 Å². The lowest BCUT2D eigenvalue weighted by Gasteiger charge is -2.03. The summed E-state index contributed by atoms with van der Waals surface area (Å²) in [5.41, 5.74) is 0.359. The van der Waals surface area contributed by atoms with Crippen LogP contribution < -0.4 is 5.17 Å². The van der Waals surface area contributed by atoms with Crippen molar-refractivity contribution in [1.29, 1.82) is 0 Å². The molecule has 0 atom stereocenters. The molecule has 0 aliphatic carbocycles. The van der Waals surface area contributed by atoms with Crippen LogP contribution in [-0.2, 0) is 0 Å². The molecule has 0 saturated heterocycles. The monoisotopic (exact) mass is 164 g/mol. The van der Waals surface area contributed by atoms with Gasteiger partial charge in [0.15, 0.2) is 0 Å². The van der Waals surface area contributed by atoms with E-state index in [0.29, 0.717) is 5.69 Å². The molecule has 0 unspecified atom stereocenters. The van der Waals surface area contributed by atoms with Crippen LogP contribution in [0, 0.1) is 4.91 Å². The number of benzene rings is 1. The number of rotatable bonds is 2. The first-order chi connectivity index (χ1) is 4.84. The van der Waals surface area contributed by atoms with E-state index in [9.17, 15) is 4.91 Å². The van der Waals surface area contributed by atoms with Crippen LogP contribution in [0.5, 0.6) is 0 Å². The van der Waals surface area contributed by atoms with Crippen molar-refractivity contribution in [2.24, 2.45) is 5.29 Å². The van der Waals surface area contributed by atoms with E-state index in [0.717, 1.165) is 0 Å². The zero-order valence-electron chi connectivity index (χ0n) is 5.14. The highest BCUT2D eigenvalue weighted by Gasteiger charge is 1.97. The summed E-state index contributed by atoms with van der Waals surface area (Å²) in [5, 5.41) is 11.3. The highest BCUT2D eigenvalue weighted by Crippen LogP contribution is 2.09. The highest BCUT2D eigenvalue weighted by atomic mass is 24.3. The molecule has 1 N–H and O–H groups in total. The first-order valence-electron chi connectivity index (χ1n) is 2.72. The Hall–Kier alpha value is -0.654. The summed E-state index contributed by atoms with van der Waals surface area (Å²) >= 11 is 0. The highest BCUT2D eigenvalue weighted by molar-refractivity contribution is 5.75. The Morgan fingerprint density at radius 1 is 1.27 bits per heavy atom. The van der Waals surface area contributed by atoms with Crippen molar-refractivity contribution >= 4 is 28.7 Å². The van der Waals surface area contributed by atoms with Gasteiger partial charge in [0.2, 0.25) is 0 Å². The van der Waals surface area contributed by atoms with Crippen LogP contribution in [-0.4, -0.2) is 28.3 Å². The van der Waals surface area contributed by atoms with Crippen molar-refractivity contribution in [2.75, 3.05) is 5.17 Å². The summed E-state index contributed by atoms with van der Waals surface area (Å²) in [5.74, 6) is 0. The molecule has 0 bridgehead atoms. The number of nitroso groups, excluding NO2 is 1. The van der Waals surface area contributed by atoms with Gasteiger partial charge in [-0.1, -0.05) is 18.2 Å². The molecule has 0 radical (unpaired) electrons. The first kappa shape index (κ1) is 10.3. The van der Waals surface area contributed by atoms with E-state index in [1.165, 1.54) is 0 Å². The smallest absolute Gasteiger partial charge is 0.265 e. The van der Waals surface area contributed by atoms with Crippen molar-refractivity contribution in [1.82, 2.24) is 0 Å². The van der Waals surface area contributed by atoms with Gasteiger partial charge in [0, 0.05) is 0 Å². The minimum absolute atomic E-state index is 0. The summed E-state index contributed by atoms with van der Waals surface area (Å²) in [6, 6.07) is 8.32. The molecule has 0 aromatic heterocycles. The predicted molar refractivity (Wildman–Crippen MR) is 45.0 cm³/mol. The minimum atomic E-state index is 0. The molecule has 0 aliphatic rings. The molecular formula is C6H8MgN2O2. The molecule has 1 aromatic rings. The Balaban J connectivity index is 0.000001000. The van der Waals surface area contributed by atoms with E-state index in [4.69, 9.17) is 5.21 Å². The molecule has 5 heteroatoms. The van der Waals surface area contributed by atoms with Gasteiger partial charge in [-0.2, -0.15) is 0 Å². The molecule has 0 heterocycles. The zero-order chi connectivity index (χ0) is 7.40. The average Bonchev–Trinajstić information content (AvgIpc) is 2.05. The molecule has 1 aromatic carbocycles. The molecule has 0 fully saturated rings. The Morgan fingerprint density at radius 3 is 2.27 bits per heavy atom. The summed E-state index contributed by atoms with van der Waals surface area (Å²) in [4.78, 5) is 9.73. The minimum Gasteiger partial charge on any atom is -0.265 e. The summed E-state index contributed by atoms with van der Waals surface area (Å²) < 4.78 is 0. The van der Waals surface area contributed by atoms with E-state index in [1.807, 2.05) is 0 Å². The molecule has 0 saturated carbocycles. The van der Waals surface area contributed by atoms with E-state index < -0.39 is 0 Å². The predicted octanol–water partition coefficient (Wildman–Crippen LogP) is 0.647. The van der Waals surface area contributed by atoms with Crippen LogP contribution in [0.25, 0.3) is 0 Å². The van der Waals surface area contributed by atoms with Gasteiger partial charge >= 0.3 is 23.1 Å². The Kier molecular flexibility index (Phi) is 4.76. The standard InChI is InChI=1S/C6H6N2O2.Mg.2H/c9-7-8(10)6-4-2-1-3-5-6;;;/h1-5,10H;;;. The second-order valence-corrected chi connectivity index (χ2v) is 1.71. The molecule has 0 aliphatic heterocycles. The molecule has 4 nitrogen and oxygen atoms in total. The van der Waals surface area contributed by atoms with E-state index in [-0.39, 0.29) is 28.2 Å². The summed E-state index contributed by atoms with van der Waals surface area (Å²) in [7, 11) is 0. The van der Waals surface area contributed by atoms with Gasteiger partial charge in [-0.3, -0.25) is 5.21 Å². The van der Waals surface area contributed by atoms with Gasteiger partial charge < -0.3 is 0 Å². The SMILES string of the molecule is O=NN(O)c1ccccc1.[MgH2]. The summed E-state index contributed by atoms with van der Waals surface area (Å²) in [6.45, 7) is 0. The van der Waals surface area contributed by atoms with Crippen molar-refractivity contribution in [3.8, 4) is 0 Å². The lowest BCUT2D eigenvalue weighted by Crippen LogP contribution is -2.06. The number of para-hydroxylation sites is 1. The molecule has 11 heavy (non-hydrogen) atoms. The van der Waals surface area contributed by atoms with Gasteiger partial charge in [0.05, 0.1) is 11.0 Å².